The Hall–Kier alpha value is -1.52. The Morgan fingerprint density at radius 1 is 1.06 bits per heavy atom. The first-order valence-electron chi connectivity index (χ1n) is 9.22. The van der Waals surface area contributed by atoms with Gasteiger partial charge < -0.3 is 4.74 Å². The van der Waals surface area contributed by atoms with E-state index in [9.17, 15) is 9.59 Å². The molecule has 0 unspecified atom stereocenters. The molecule has 0 N–H and O–H groups in total. The highest BCUT2D eigenvalue weighted by atomic mass is 127. The van der Waals surface area contributed by atoms with E-state index in [4.69, 9.17) is 27.9 Å². The molecule has 2 amide bonds. The highest BCUT2D eigenvalue weighted by molar-refractivity contribution is 14.1. The molecule has 0 saturated carbocycles. The Labute approximate surface area is 221 Å². The van der Waals surface area contributed by atoms with Gasteiger partial charge in [-0.15, -0.1) is 0 Å². The number of benzene rings is 3. The van der Waals surface area contributed by atoms with Crippen LogP contribution < -0.4 is 9.64 Å². The number of hydrogen-bond acceptors (Lipinski definition) is 4. The number of anilines is 1. The fourth-order valence-corrected chi connectivity index (χ4v) is 6.08. The summed E-state index contributed by atoms with van der Waals surface area (Å²) >= 11 is 18.8. The second kappa shape index (κ2) is 10.2. The summed E-state index contributed by atoms with van der Waals surface area (Å²) in [4.78, 5) is 26.8. The average molecular weight is 661 g/mol. The molecule has 1 fully saturated rings. The third-order valence-corrected chi connectivity index (χ3v) is 7.36. The molecule has 0 spiro atoms. The van der Waals surface area contributed by atoms with Gasteiger partial charge in [0.05, 0.1) is 18.6 Å². The van der Waals surface area contributed by atoms with E-state index in [2.05, 4.69) is 38.5 Å². The Bertz CT molecular complexity index is 1230. The Morgan fingerprint density at radius 3 is 2.50 bits per heavy atom. The van der Waals surface area contributed by atoms with Gasteiger partial charge in [0.15, 0.2) is 0 Å². The van der Waals surface area contributed by atoms with Crippen LogP contribution in [0, 0.1) is 3.57 Å². The van der Waals surface area contributed by atoms with Crippen LogP contribution in [0.1, 0.15) is 11.1 Å². The third kappa shape index (κ3) is 5.17. The van der Waals surface area contributed by atoms with Crippen molar-refractivity contribution in [3.63, 3.8) is 0 Å². The van der Waals surface area contributed by atoms with Gasteiger partial charge in [0, 0.05) is 15.6 Å². The van der Waals surface area contributed by atoms with E-state index in [1.165, 1.54) is 4.90 Å². The van der Waals surface area contributed by atoms with Crippen LogP contribution >= 0.6 is 73.5 Å². The molecular formula is C23H13BrCl2INO3S. The molecule has 1 aliphatic rings. The molecule has 3 aromatic rings. The van der Waals surface area contributed by atoms with Crippen LogP contribution in [0.15, 0.2) is 70.0 Å². The summed E-state index contributed by atoms with van der Waals surface area (Å²) in [5.74, 6) is 0.321. The fourth-order valence-electron chi connectivity index (χ4n) is 3.01. The van der Waals surface area contributed by atoms with Crippen molar-refractivity contribution in [1.29, 1.82) is 0 Å². The van der Waals surface area contributed by atoms with Gasteiger partial charge in [0.1, 0.15) is 12.4 Å². The number of ether oxygens (including phenoxy) is 1. The van der Waals surface area contributed by atoms with Crippen molar-refractivity contribution in [2.45, 2.75) is 6.61 Å². The zero-order valence-electron chi connectivity index (χ0n) is 16.2. The lowest BCUT2D eigenvalue weighted by Crippen LogP contribution is -2.27. The number of para-hydroxylation sites is 1. The predicted octanol–water partition coefficient (Wildman–Crippen LogP) is 8.18. The molecule has 0 aliphatic carbocycles. The van der Waals surface area contributed by atoms with Crippen molar-refractivity contribution < 1.29 is 14.3 Å². The lowest BCUT2D eigenvalue weighted by Gasteiger charge is -2.13. The van der Waals surface area contributed by atoms with E-state index < -0.39 is 0 Å². The zero-order valence-corrected chi connectivity index (χ0v) is 22.2. The van der Waals surface area contributed by atoms with Crippen molar-refractivity contribution in [2.24, 2.45) is 0 Å². The van der Waals surface area contributed by atoms with Crippen molar-refractivity contribution in [3.8, 4) is 5.75 Å². The van der Waals surface area contributed by atoms with E-state index in [1.54, 1.807) is 42.5 Å². The fraction of sp³-hybridized carbons (Fsp3) is 0.0435. The van der Waals surface area contributed by atoms with E-state index in [1.807, 2.05) is 24.3 Å². The van der Waals surface area contributed by atoms with Crippen LogP contribution in [0.4, 0.5) is 10.5 Å². The molecule has 0 atom stereocenters. The number of nitrogens with zero attached hydrogens (tertiary/aromatic N) is 1. The number of imide groups is 1. The van der Waals surface area contributed by atoms with Crippen molar-refractivity contribution >= 4 is 96.4 Å². The van der Waals surface area contributed by atoms with Gasteiger partial charge in [0.2, 0.25) is 0 Å². The van der Waals surface area contributed by atoms with Gasteiger partial charge in [-0.1, -0.05) is 47.5 Å². The molecule has 162 valence electrons. The summed E-state index contributed by atoms with van der Waals surface area (Å²) < 4.78 is 7.54. The van der Waals surface area contributed by atoms with E-state index in [-0.39, 0.29) is 17.8 Å². The van der Waals surface area contributed by atoms with E-state index in [0.717, 1.165) is 30.9 Å². The molecule has 3 aromatic carbocycles. The van der Waals surface area contributed by atoms with Crippen LogP contribution in [-0.2, 0) is 11.4 Å². The van der Waals surface area contributed by atoms with Crippen molar-refractivity contribution in [3.05, 3.63) is 94.8 Å². The Balaban J connectivity index is 1.55. The topological polar surface area (TPSA) is 46.6 Å². The molecule has 4 rings (SSSR count). The summed E-state index contributed by atoms with van der Waals surface area (Å²) in [5.41, 5.74) is 2.15. The molecule has 0 bridgehead atoms. The second-order valence-corrected chi connectivity index (χ2v) is 10.5. The number of rotatable bonds is 5. The maximum absolute atomic E-state index is 12.8. The quantitative estimate of drug-likeness (QED) is 0.205. The van der Waals surface area contributed by atoms with Crippen molar-refractivity contribution in [1.82, 2.24) is 0 Å². The molecular weight excluding hydrogens is 648 g/mol. The molecule has 4 nitrogen and oxygen atoms in total. The van der Waals surface area contributed by atoms with E-state index >= 15 is 0 Å². The van der Waals surface area contributed by atoms with Gasteiger partial charge in [0.25, 0.3) is 11.1 Å². The lowest BCUT2D eigenvalue weighted by atomic mass is 10.2. The molecule has 1 aliphatic heterocycles. The van der Waals surface area contributed by atoms with Crippen LogP contribution in [0.3, 0.4) is 0 Å². The predicted molar refractivity (Wildman–Crippen MR) is 143 cm³/mol. The van der Waals surface area contributed by atoms with Gasteiger partial charge >= 0.3 is 0 Å². The summed E-state index contributed by atoms with van der Waals surface area (Å²) in [7, 11) is 0. The molecule has 32 heavy (non-hydrogen) atoms. The number of carbonyl (C=O) groups excluding carboxylic acids is 2. The van der Waals surface area contributed by atoms with E-state index in [0.29, 0.717) is 26.4 Å². The number of carbonyl (C=O) groups is 2. The summed E-state index contributed by atoms with van der Waals surface area (Å²) in [6.45, 7) is 0.278. The third-order valence-electron chi connectivity index (χ3n) is 4.51. The minimum Gasteiger partial charge on any atom is -0.487 e. The average Bonchev–Trinajstić information content (AvgIpc) is 3.02. The SMILES string of the molecule is O=C1S/C(=C\c2cc(Br)c(OCc3ccc(Cl)cc3Cl)c(I)c2)C(=O)N1c1ccccc1. The first-order valence-corrected chi connectivity index (χ1v) is 12.7. The molecule has 0 aromatic heterocycles. The van der Waals surface area contributed by atoms with Crippen molar-refractivity contribution in [2.75, 3.05) is 4.90 Å². The van der Waals surface area contributed by atoms with Crippen LogP contribution in [0.5, 0.6) is 5.75 Å². The number of halogens is 4. The first-order chi connectivity index (χ1) is 15.3. The molecule has 1 saturated heterocycles. The molecule has 0 radical (unpaired) electrons. The zero-order chi connectivity index (χ0) is 22.8. The molecule has 1 heterocycles. The van der Waals surface area contributed by atoms with Gasteiger partial charge in [-0.05, 0) is 98.3 Å². The normalized spacial score (nSPS) is 15.0. The lowest BCUT2D eigenvalue weighted by molar-refractivity contribution is -0.113. The smallest absolute Gasteiger partial charge is 0.298 e. The standard InChI is InChI=1S/C23H13BrCl2INO3S/c24-17-8-13(9-19(27)21(17)31-12-14-6-7-15(25)11-18(14)26)10-20-22(29)28(23(30)32-20)16-4-2-1-3-5-16/h1-11H,12H2/b20-10-. The number of hydrogen-bond donors (Lipinski definition) is 0. The van der Waals surface area contributed by atoms with Crippen LogP contribution in [-0.4, -0.2) is 11.1 Å². The van der Waals surface area contributed by atoms with Gasteiger partial charge in [-0.2, -0.15) is 0 Å². The summed E-state index contributed by atoms with van der Waals surface area (Å²) in [6, 6.07) is 17.9. The minimum absolute atomic E-state index is 0.278. The van der Waals surface area contributed by atoms with Gasteiger partial charge in [-0.3, -0.25) is 9.59 Å². The summed E-state index contributed by atoms with van der Waals surface area (Å²) in [6.07, 6.45) is 1.71. The second-order valence-electron chi connectivity index (χ2n) is 6.69. The highest BCUT2D eigenvalue weighted by Crippen LogP contribution is 2.38. The Kier molecular flexibility index (Phi) is 7.51. The Morgan fingerprint density at radius 2 is 1.81 bits per heavy atom. The number of thioether (sulfide) groups is 1. The van der Waals surface area contributed by atoms with Crippen LogP contribution in [0.25, 0.3) is 6.08 Å². The molecule has 9 heteroatoms. The first kappa shape index (κ1) is 23.6. The maximum Gasteiger partial charge on any atom is 0.298 e. The largest absolute Gasteiger partial charge is 0.487 e. The highest BCUT2D eigenvalue weighted by Gasteiger charge is 2.36. The maximum atomic E-state index is 12.8. The van der Waals surface area contributed by atoms with Gasteiger partial charge in [-0.25, -0.2) is 4.90 Å². The number of amides is 2. The van der Waals surface area contributed by atoms with Crippen LogP contribution in [0.2, 0.25) is 10.0 Å². The monoisotopic (exact) mass is 659 g/mol. The summed E-state index contributed by atoms with van der Waals surface area (Å²) in [5, 5.41) is 0.783. The minimum atomic E-state index is -0.338.